The van der Waals surface area contributed by atoms with Gasteiger partial charge in [0.15, 0.2) is 0 Å². The van der Waals surface area contributed by atoms with Crippen LogP contribution in [0.25, 0.3) is 6.08 Å². The van der Waals surface area contributed by atoms with Gasteiger partial charge in [-0.2, -0.15) is 0 Å². The lowest BCUT2D eigenvalue weighted by Crippen LogP contribution is -2.38. The van der Waals surface area contributed by atoms with Crippen LogP contribution in [0.5, 0.6) is 0 Å². The molecule has 6 nitrogen and oxygen atoms in total. The molecule has 0 saturated carbocycles. The molecule has 0 unspecified atom stereocenters. The van der Waals surface area contributed by atoms with Gasteiger partial charge in [-0.15, -0.1) is 0 Å². The molecule has 0 radical (unpaired) electrons. The van der Waals surface area contributed by atoms with Gasteiger partial charge in [0.05, 0.1) is 5.92 Å². The van der Waals surface area contributed by atoms with Crippen molar-refractivity contribution in [1.29, 1.82) is 5.41 Å². The molecule has 1 aliphatic heterocycles. The number of hydroxylamine groups is 1. The molecule has 0 spiro atoms. The Morgan fingerprint density at radius 1 is 1.21 bits per heavy atom. The number of carbonyl (C=O) groups excluding carboxylic acids is 2. The van der Waals surface area contributed by atoms with Crippen molar-refractivity contribution < 1.29 is 14.8 Å². The molecule has 0 aromatic heterocycles. The molecule has 0 bridgehead atoms. The van der Waals surface area contributed by atoms with E-state index in [1.165, 1.54) is 11.6 Å². The number of hydrogen-bond acceptors (Lipinski definition) is 4. The minimum absolute atomic E-state index is 0.00276. The lowest BCUT2D eigenvalue weighted by Gasteiger charge is -2.24. The number of rotatable bonds is 7. The average molecular weight is 391 g/mol. The zero-order valence-corrected chi connectivity index (χ0v) is 16.4. The highest BCUT2D eigenvalue weighted by Crippen LogP contribution is 2.29. The third-order valence-electron chi connectivity index (χ3n) is 5.19. The van der Waals surface area contributed by atoms with Crippen molar-refractivity contribution in [3.8, 4) is 0 Å². The minimum atomic E-state index is -0.594. The highest BCUT2D eigenvalue weighted by atomic mass is 16.5. The predicted octanol–water partition coefficient (Wildman–Crippen LogP) is 3.38. The van der Waals surface area contributed by atoms with Crippen molar-refractivity contribution in [3.63, 3.8) is 0 Å². The van der Waals surface area contributed by atoms with E-state index in [1.807, 2.05) is 54.3 Å². The summed E-state index contributed by atoms with van der Waals surface area (Å²) in [5.74, 6) is -1.03. The average Bonchev–Trinajstić information content (AvgIpc) is 3.17. The van der Waals surface area contributed by atoms with E-state index in [1.54, 1.807) is 11.6 Å². The fourth-order valence-corrected chi connectivity index (χ4v) is 3.62. The summed E-state index contributed by atoms with van der Waals surface area (Å²) in [6.07, 6.45) is 4.67. The third-order valence-corrected chi connectivity index (χ3v) is 5.19. The van der Waals surface area contributed by atoms with Gasteiger partial charge in [-0.3, -0.25) is 14.8 Å². The van der Waals surface area contributed by atoms with Crippen LogP contribution in [0.3, 0.4) is 0 Å². The number of hydrogen-bond donors (Lipinski definition) is 3. The molecule has 1 aliphatic rings. The first-order valence-electron chi connectivity index (χ1n) is 9.71. The number of para-hydroxylation sites is 1. The fraction of sp³-hybridized carbons (Fsp3) is 0.261. The quantitative estimate of drug-likeness (QED) is 0.292. The number of nitrogens with one attached hydrogen (secondary N) is 2. The molecule has 0 fully saturated rings. The van der Waals surface area contributed by atoms with Crippen LogP contribution in [-0.4, -0.2) is 29.3 Å². The van der Waals surface area contributed by atoms with Gasteiger partial charge in [-0.25, -0.2) is 5.48 Å². The molecule has 6 heteroatoms. The molecular weight excluding hydrogens is 366 g/mol. The Bertz CT molecular complexity index is 935. The van der Waals surface area contributed by atoms with Crippen LogP contribution in [0.4, 0.5) is 5.69 Å². The fourth-order valence-electron chi connectivity index (χ4n) is 3.62. The minimum Gasteiger partial charge on any atom is -0.311 e. The summed E-state index contributed by atoms with van der Waals surface area (Å²) in [6.45, 7) is 2.61. The van der Waals surface area contributed by atoms with Gasteiger partial charge in [-0.1, -0.05) is 49.4 Å². The maximum atomic E-state index is 13.1. The normalized spacial score (nSPS) is 13.9. The molecule has 3 N–H and O–H groups in total. The van der Waals surface area contributed by atoms with Crippen LogP contribution < -0.4 is 10.4 Å². The van der Waals surface area contributed by atoms with E-state index >= 15 is 0 Å². The third kappa shape index (κ3) is 4.78. The highest BCUT2D eigenvalue weighted by Gasteiger charge is 2.31. The Kier molecular flexibility index (Phi) is 6.57. The second-order valence-corrected chi connectivity index (χ2v) is 7.08. The number of anilines is 1. The summed E-state index contributed by atoms with van der Waals surface area (Å²) in [7, 11) is 0. The van der Waals surface area contributed by atoms with Gasteiger partial charge in [0, 0.05) is 30.4 Å². The highest BCUT2D eigenvalue weighted by molar-refractivity contribution is 6.10. The summed E-state index contributed by atoms with van der Waals surface area (Å²) in [5.41, 5.74) is 5.84. The number of nitrogens with zero attached hydrogens (tertiary/aromatic N) is 1. The summed E-state index contributed by atoms with van der Waals surface area (Å²) < 4.78 is 0. The summed E-state index contributed by atoms with van der Waals surface area (Å²) >= 11 is 0. The van der Waals surface area contributed by atoms with E-state index in [-0.39, 0.29) is 5.91 Å². The first-order valence-corrected chi connectivity index (χ1v) is 9.71. The van der Waals surface area contributed by atoms with E-state index < -0.39 is 11.8 Å². The van der Waals surface area contributed by atoms with Crippen molar-refractivity contribution in [2.24, 2.45) is 5.92 Å². The van der Waals surface area contributed by atoms with Crippen LogP contribution in [0.1, 0.15) is 30.0 Å². The number of fused-ring (bicyclic) bond motifs is 1. The standard InChI is InChI=1S/C23H25N3O3/c1-2-19(23(28)26-14-13-18-5-3-4-6-21(18)26)20(24)15-17-9-7-16(8-10-17)11-12-22(27)25-29/h3-12,19,24,29H,2,13-15H2,1H3,(H,25,27)/b12-11+,24-20?/t19-/m0/s1. The second kappa shape index (κ2) is 9.30. The van der Waals surface area contributed by atoms with Crippen LogP contribution >= 0.6 is 0 Å². The maximum absolute atomic E-state index is 13.1. The number of carbonyl (C=O) groups is 2. The van der Waals surface area contributed by atoms with Gasteiger partial charge in [-0.05, 0) is 41.7 Å². The maximum Gasteiger partial charge on any atom is 0.267 e. The van der Waals surface area contributed by atoms with Crippen molar-refractivity contribution in [2.75, 3.05) is 11.4 Å². The molecule has 29 heavy (non-hydrogen) atoms. The predicted molar refractivity (Wildman–Crippen MR) is 113 cm³/mol. The number of benzene rings is 2. The molecule has 0 aliphatic carbocycles. The van der Waals surface area contributed by atoms with Crippen LogP contribution in [0.2, 0.25) is 0 Å². The SMILES string of the molecule is CC[C@@H](C(=N)Cc1ccc(/C=C/C(=O)NO)cc1)C(=O)N1CCc2ccccc21. The van der Waals surface area contributed by atoms with Crippen molar-refractivity contribution in [1.82, 2.24) is 5.48 Å². The zero-order valence-electron chi connectivity index (χ0n) is 16.4. The molecule has 0 saturated heterocycles. The second-order valence-electron chi connectivity index (χ2n) is 7.08. The van der Waals surface area contributed by atoms with Crippen molar-refractivity contribution in [2.45, 2.75) is 26.2 Å². The molecule has 1 heterocycles. The summed E-state index contributed by atoms with van der Waals surface area (Å²) in [6, 6.07) is 15.4. The van der Waals surface area contributed by atoms with Gasteiger partial charge < -0.3 is 10.3 Å². The molecule has 3 rings (SSSR count). The zero-order chi connectivity index (χ0) is 20.8. The Morgan fingerprint density at radius 2 is 1.93 bits per heavy atom. The van der Waals surface area contributed by atoms with Crippen molar-refractivity contribution in [3.05, 3.63) is 71.3 Å². The smallest absolute Gasteiger partial charge is 0.267 e. The van der Waals surface area contributed by atoms with Crippen LogP contribution in [0.15, 0.2) is 54.6 Å². The molecule has 2 amide bonds. The Balaban J connectivity index is 1.66. The van der Waals surface area contributed by atoms with E-state index in [0.717, 1.165) is 23.2 Å². The van der Waals surface area contributed by atoms with Gasteiger partial charge in [0.2, 0.25) is 5.91 Å². The van der Waals surface area contributed by atoms with E-state index in [0.29, 0.717) is 25.1 Å². The number of amides is 2. The first-order chi connectivity index (χ1) is 14.0. The summed E-state index contributed by atoms with van der Waals surface area (Å²) in [4.78, 5) is 26.0. The summed E-state index contributed by atoms with van der Waals surface area (Å²) in [5, 5.41) is 17.0. The Labute approximate surface area is 170 Å². The van der Waals surface area contributed by atoms with Crippen molar-refractivity contribution >= 4 is 29.3 Å². The Hall–Kier alpha value is -3.25. The lowest BCUT2D eigenvalue weighted by molar-refractivity contribution is -0.124. The van der Waals surface area contributed by atoms with E-state index in [4.69, 9.17) is 10.6 Å². The van der Waals surface area contributed by atoms with Gasteiger partial charge >= 0.3 is 0 Å². The molecule has 1 atom stereocenters. The first kappa shape index (κ1) is 20.5. The van der Waals surface area contributed by atoms with Crippen LogP contribution in [0, 0.1) is 11.3 Å². The van der Waals surface area contributed by atoms with Gasteiger partial charge in [0.25, 0.3) is 5.91 Å². The van der Waals surface area contributed by atoms with Gasteiger partial charge in [0.1, 0.15) is 0 Å². The molecular formula is C23H25N3O3. The Morgan fingerprint density at radius 3 is 2.62 bits per heavy atom. The van der Waals surface area contributed by atoms with E-state index in [9.17, 15) is 9.59 Å². The van der Waals surface area contributed by atoms with E-state index in [2.05, 4.69) is 6.07 Å². The monoisotopic (exact) mass is 391 g/mol. The molecule has 150 valence electrons. The van der Waals surface area contributed by atoms with Crippen LogP contribution in [-0.2, 0) is 22.4 Å². The molecule has 2 aromatic rings. The lowest BCUT2D eigenvalue weighted by atomic mass is 9.93. The topological polar surface area (TPSA) is 93.5 Å². The largest absolute Gasteiger partial charge is 0.311 e. The molecule has 2 aromatic carbocycles.